The zero-order valence-corrected chi connectivity index (χ0v) is 12.4. The van der Waals surface area contributed by atoms with Gasteiger partial charge in [-0.2, -0.15) is 9.57 Å². The number of rotatable bonds is 4. The van der Waals surface area contributed by atoms with Gasteiger partial charge in [0.25, 0.3) is 0 Å². The molecule has 1 fully saturated rings. The zero-order valence-electron chi connectivity index (χ0n) is 11.6. The predicted molar refractivity (Wildman–Crippen MR) is 75.1 cm³/mol. The van der Waals surface area contributed by atoms with E-state index in [1.807, 2.05) is 6.07 Å². The minimum Gasteiger partial charge on any atom is -0.481 e. The molecular formula is C14H16N2O4S. The number of nitriles is 1. The monoisotopic (exact) mass is 308 g/mol. The highest BCUT2D eigenvalue weighted by Gasteiger charge is 2.36. The van der Waals surface area contributed by atoms with E-state index in [0.717, 1.165) is 0 Å². The van der Waals surface area contributed by atoms with Crippen molar-refractivity contribution in [2.24, 2.45) is 0 Å². The molecular weight excluding hydrogens is 292 g/mol. The Morgan fingerprint density at radius 1 is 1.52 bits per heavy atom. The lowest BCUT2D eigenvalue weighted by Crippen LogP contribution is -2.37. The highest BCUT2D eigenvalue weighted by Crippen LogP contribution is 2.29. The van der Waals surface area contributed by atoms with E-state index in [1.165, 1.54) is 22.5 Å². The summed E-state index contributed by atoms with van der Waals surface area (Å²) in [5, 5.41) is 17.7. The third kappa shape index (κ3) is 3.06. The molecule has 0 spiro atoms. The van der Waals surface area contributed by atoms with Crippen molar-refractivity contribution in [3.8, 4) is 6.07 Å². The molecule has 0 saturated carbocycles. The van der Waals surface area contributed by atoms with Crippen LogP contribution in [0, 0.1) is 18.3 Å². The summed E-state index contributed by atoms with van der Waals surface area (Å²) in [6.45, 7) is 1.97. The maximum absolute atomic E-state index is 12.7. The van der Waals surface area contributed by atoms with Gasteiger partial charge >= 0.3 is 5.97 Å². The Bertz CT molecular complexity index is 706. The molecule has 112 valence electrons. The highest BCUT2D eigenvalue weighted by molar-refractivity contribution is 7.89. The Labute approximate surface area is 123 Å². The number of nitrogens with zero attached hydrogens (tertiary/aromatic N) is 2. The van der Waals surface area contributed by atoms with Gasteiger partial charge in [0, 0.05) is 12.6 Å². The second kappa shape index (κ2) is 5.84. The molecule has 1 unspecified atom stereocenters. The van der Waals surface area contributed by atoms with Crippen molar-refractivity contribution in [3.63, 3.8) is 0 Å². The predicted octanol–water partition coefficient (Wildman–Crippen LogP) is 1.49. The van der Waals surface area contributed by atoms with Gasteiger partial charge in [-0.05, 0) is 43.5 Å². The van der Waals surface area contributed by atoms with E-state index >= 15 is 0 Å². The van der Waals surface area contributed by atoms with Gasteiger partial charge in [-0.1, -0.05) is 0 Å². The lowest BCUT2D eigenvalue weighted by Gasteiger charge is -2.23. The number of hydrogen-bond donors (Lipinski definition) is 1. The molecule has 1 aromatic rings. The summed E-state index contributed by atoms with van der Waals surface area (Å²) in [5.74, 6) is -1.00. The van der Waals surface area contributed by atoms with Crippen molar-refractivity contribution in [3.05, 3.63) is 29.3 Å². The fourth-order valence-corrected chi connectivity index (χ4v) is 4.57. The smallest absolute Gasteiger partial charge is 0.304 e. The number of carboxylic acids is 1. The molecule has 1 atom stereocenters. The van der Waals surface area contributed by atoms with E-state index in [4.69, 9.17) is 10.4 Å². The molecule has 1 aromatic carbocycles. The summed E-state index contributed by atoms with van der Waals surface area (Å²) in [5.41, 5.74) is 0.894. The van der Waals surface area contributed by atoms with E-state index in [2.05, 4.69) is 0 Å². The Balaban J connectivity index is 2.38. The first-order valence-corrected chi connectivity index (χ1v) is 8.04. The van der Waals surface area contributed by atoms with Crippen molar-refractivity contribution in [2.75, 3.05) is 6.54 Å². The van der Waals surface area contributed by atoms with Gasteiger partial charge in [-0.15, -0.1) is 0 Å². The third-order valence-electron chi connectivity index (χ3n) is 3.62. The molecule has 1 N–H and O–H groups in total. The number of aliphatic carboxylic acids is 1. The molecule has 1 aliphatic heterocycles. The minimum atomic E-state index is -3.73. The van der Waals surface area contributed by atoms with Crippen LogP contribution in [0.3, 0.4) is 0 Å². The highest BCUT2D eigenvalue weighted by atomic mass is 32.2. The lowest BCUT2D eigenvalue weighted by molar-refractivity contribution is -0.137. The fourth-order valence-electron chi connectivity index (χ4n) is 2.67. The van der Waals surface area contributed by atoms with Crippen LogP contribution in [-0.4, -0.2) is 36.4 Å². The normalized spacial score (nSPS) is 19.3. The standard InChI is InChI=1S/C14H16N2O4S/c1-10-7-11(9-15)4-5-13(10)21(19,20)16-6-2-3-12(16)8-14(17)18/h4-5,7,12H,2-3,6,8H2,1H3,(H,17,18). The number of benzene rings is 1. The molecule has 6 nitrogen and oxygen atoms in total. The molecule has 0 radical (unpaired) electrons. The molecule has 0 amide bonds. The zero-order chi connectivity index (χ0) is 15.6. The molecule has 1 heterocycles. The van der Waals surface area contributed by atoms with Crippen molar-refractivity contribution in [2.45, 2.75) is 37.1 Å². The van der Waals surface area contributed by atoms with Gasteiger partial charge in [0.2, 0.25) is 10.0 Å². The molecule has 2 rings (SSSR count). The maximum atomic E-state index is 12.7. The minimum absolute atomic E-state index is 0.138. The number of sulfonamides is 1. The van der Waals surface area contributed by atoms with E-state index in [0.29, 0.717) is 30.5 Å². The van der Waals surface area contributed by atoms with Crippen LogP contribution >= 0.6 is 0 Å². The Kier molecular flexibility index (Phi) is 4.30. The van der Waals surface area contributed by atoms with Crippen LogP contribution in [0.5, 0.6) is 0 Å². The molecule has 0 bridgehead atoms. The quantitative estimate of drug-likeness (QED) is 0.908. The number of hydrogen-bond acceptors (Lipinski definition) is 4. The van der Waals surface area contributed by atoms with Crippen LogP contribution < -0.4 is 0 Å². The number of carboxylic acid groups (broad SMARTS) is 1. The Morgan fingerprint density at radius 2 is 2.24 bits per heavy atom. The largest absolute Gasteiger partial charge is 0.481 e. The van der Waals surface area contributed by atoms with E-state index < -0.39 is 22.0 Å². The molecule has 0 aromatic heterocycles. The molecule has 0 aliphatic carbocycles. The topological polar surface area (TPSA) is 98.5 Å². The third-order valence-corrected chi connectivity index (χ3v) is 5.74. The van der Waals surface area contributed by atoms with Crippen molar-refractivity contribution in [1.82, 2.24) is 4.31 Å². The van der Waals surface area contributed by atoms with Gasteiger partial charge in [-0.25, -0.2) is 8.42 Å². The Hall–Kier alpha value is -1.91. The lowest BCUT2D eigenvalue weighted by atomic mass is 10.2. The Morgan fingerprint density at radius 3 is 2.81 bits per heavy atom. The van der Waals surface area contributed by atoms with E-state index in [-0.39, 0.29) is 11.3 Å². The SMILES string of the molecule is Cc1cc(C#N)ccc1S(=O)(=O)N1CCCC1CC(=O)O. The second-order valence-electron chi connectivity index (χ2n) is 5.10. The summed E-state index contributed by atoms with van der Waals surface area (Å²) >= 11 is 0. The number of aryl methyl sites for hydroxylation is 1. The first kappa shape index (κ1) is 15.5. The summed E-state index contributed by atoms with van der Waals surface area (Å²) in [6.07, 6.45) is 1.03. The van der Waals surface area contributed by atoms with Crippen LogP contribution in [0.1, 0.15) is 30.4 Å². The van der Waals surface area contributed by atoms with Crippen LogP contribution in [0.15, 0.2) is 23.1 Å². The van der Waals surface area contributed by atoms with Gasteiger partial charge in [0.1, 0.15) is 0 Å². The summed E-state index contributed by atoms with van der Waals surface area (Å²) in [4.78, 5) is 11.0. The summed E-state index contributed by atoms with van der Waals surface area (Å²) in [7, 11) is -3.73. The van der Waals surface area contributed by atoms with Crippen molar-refractivity contribution >= 4 is 16.0 Å². The van der Waals surface area contributed by atoms with E-state index in [9.17, 15) is 13.2 Å². The van der Waals surface area contributed by atoms with Gasteiger partial charge in [0.15, 0.2) is 0 Å². The van der Waals surface area contributed by atoms with E-state index in [1.54, 1.807) is 6.92 Å². The summed E-state index contributed by atoms with van der Waals surface area (Å²) in [6, 6.07) is 5.87. The molecule has 21 heavy (non-hydrogen) atoms. The maximum Gasteiger partial charge on any atom is 0.304 e. The number of carbonyl (C=O) groups is 1. The van der Waals surface area contributed by atoms with Gasteiger partial charge in [-0.3, -0.25) is 4.79 Å². The van der Waals surface area contributed by atoms with Crippen LogP contribution in [0.2, 0.25) is 0 Å². The average molecular weight is 308 g/mol. The summed E-state index contributed by atoms with van der Waals surface area (Å²) < 4.78 is 26.7. The second-order valence-corrected chi connectivity index (χ2v) is 6.96. The van der Waals surface area contributed by atoms with Crippen LogP contribution in [0.25, 0.3) is 0 Å². The van der Waals surface area contributed by atoms with Crippen molar-refractivity contribution in [1.29, 1.82) is 5.26 Å². The molecule has 1 saturated heterocycles. The first-order valence-electron chi connectivity index (χ1n) is 6.60. The average Bonchev–Trinajstić information content (AvgIpc) is 2.86. The van der Waals surface area contributed by atoms with Crippen molar-refractivity contribution < 1.29 is 18.3 Å². The fraction of sp³-hybridized carbons (Fsp3) is 0.429. The van der Waals surface area contributed by atoms with Gasteiger partial charge in [0.05, 0.1) is 22.9 Å². The van der Waals surface area contributed by atoms with Gasteiger partial charge < -0.3 is 5.11 Å². The van der Waals surface area contributed by atoms with Crippen LogP contribution in [0.4, 0.5) is 0 Å². The van der Waals surface area contributed by atoms with Crippen LogP contribution in [-0.2, 0) is 14.8 Å². The molecule has 1 aliphatic rings. The first-order chi connectivity index (χ1) is 9.86. The molecule has 7 heteroatoms.